The van der Waals surface area contributed by atoms with Gasteiger partial charge in [-0.05, 0) is 37.4 Å². The Morgan fingerprint density at radius 1 is 1.26 bits per heavy atom. The Kier molecular flexibility index (Phi) is 3.48. The van der Waals surface area contributed by atoms with E-state index in [1.807, 2.05) is 11.3 Å². The molecule has 0 aliphatic carbocycles. The van der Waals surface area contributed by atoms with Crippen LogP contribution in [0.15, 0.2) is 29.9 Å². The third-order valence-electron chi connectivity index (χ3n) is 2.95. The highest BCUT2D eigenvalue weighted by molar-refractivity contribution is 7.16. The van der Waals surface area contributed by atoms with Crippen LogP contribution in [0, 0.1) is 6.92 Å². The minimum absolute atomic E-state index is 0.357. The standard InChI is InChI=1S/C14H15N3S2/c1-9(7-11-4-3-10(2)19-11)17-13-12-5-6-18-14(12)16-8-15-13/h3-6,8-9H,7H2,1-2H3,(H,15,16,17). The van der Waals surface area contributed by atoms with Gasteiger partial charge in [0.15, 0.2) is 0 Å². The van der Waals surface area contributed by atoms with Gasteiger partial charge in [-0.1, -0.05) is 0 Å². The maximum atomic E-state index is 4.35. The van der Waals surface area contributed by atoms with Crippen molar-refractivity contribution in [3.8, 4) is 0 Å². The number of aryl methyl sites for hydroxylation is 1. The quantitative estimate of drug-likeness (QED) is 0.785. The van der Waals surface area contributed by atoms with E-state index in [2.05, 4.69) is 52.7 Å². The Morgan fingerprint density at radius 3 is 2.95 bits per heavy atom. The van der Waals surface area contributed by atoms with Crippen molar-refractivity contribution in [2.45, 2.75) is 26.3 Å². The lowest BCUT2D eigenvalue weighted by molar-refractivity contribution is 0.795. The number of aromatic nitrogens is 2. The van der Waals surface area contributed by atoms with Gasteiger partial charge in [0.2, 0.25) is 0 Å². The fraction of sp³-hybridized carbons (Fsp3) is 0.286. The van der Waals surface area contributed by atoms with Crippen LogP contribution in [-0.2, 0) is 6.42 Å². The van der Waals surface area contributed by atoms with Crippen molar-refractivity contribution in [2.24, 2.45) is 0 Å². The average Bonchev–Trinajstić information content (AvgIpc) is 2.98. The zero-order chi connectivity index (χ0) is 13.2. The molecule has 19 heavy (non-hydrogen) atoms. The normalized spacial score (nSPS) is 12.7. The number of rotatable bonds is 4. The number of thiophene rings is 2. The van der Waals surface area contributed by atoms with Gasteiger partial charge in [-0.3, -0.25) is 0 Å². The number of hydrogen-bond donors (Lipinski definition) is 1. The number of anilines is 1. The molecule has 0 spiro atoms. The maximum absolute atomic E-state index is 4.35. The second-order valence-electron chi connectivity index (χ2n) is 4.62. The molecule has 0 bridgehead atoms. The van der Waals surface area contributed by atoms with Crippen molar-refractivity contribution >= 4 is 38.7 Å². The van der Waals surface area contributed by atoms with Gasteiger partial charge in [0.05, 0.1) is 5.39 Å². The molecule has 0 aromatic carbocycles. The van der Waals surface area contributed by atoms with Crippen molar-refractivity contribution in [3.63, 3.8) is 0 Å². The molecule has 3 nitrogen and oxygen atoms in total. The van der Waals surface area contributed by atoms with E-state index in [0.717, 1.165) is 22.5 Å². The van der Waals surface area contributed by atoms with E-state index in [4.69, 9.17) is 0 Å². The van der Waals surface area contributed by atoms with Gasteiger partial charge in [-0.2, -0.15) is 0 Å². The van der Waals surface area contributed by atoms with E-state index in [-0.39, 0.29) is 0 Å². The highest BCUT2D eigenvalue weighted by Crippen LogP contribution is 2.25. The molecule has 1 atom stereocenters. The Bertz CT molecular complexity index is 687. The first-order valence-corrected chi connectivity index (χ1v) is 7.92. The van der Waals surface area contributed by atoms with Crippen molar-refractivity contribution in [3.05, 3.63) is 39.7 Å². The van der Waals surface area contributed by atoms with Gasteiger partial charge in [0.25, 0.3) is 0 Å². The van der Waals surface area contributed by atoms with E-state index in [1.54, 1.807) is 17.7 Å². The molecule has 0 saturated heterocycles. The minimum Gasteiger partial charge on any atom is -0.367 e. The van der Waals surface area contributed by atoms with Crippen molar-refractivity contribution < 1.29 is 0 Å². The molecule has 1 unspecified atom stereocenters. The molecular formula is C14H15N3S2. The Hall–Kier alpha value is -1.46. The van der Waals surface area contributed by atoms with Crippen LogP contribution < -0.4 is 5.32 Å². The highest BCUT2D eigenvalue weighted by atomic mass is 32.1. The summed E-state index contributed by atoms with van der Waals surface area (Å²) in [6, 6.07) is 6.81. The summed E-state index contributed by atoms with van der Waals surface area (Å²) < 4.78 is 0. The zero-order valence-corrected chi connectivity index (χ0v) is 12.5. The van der Waals surface area contributed by atoms with Crippen molar-refractivity contribution in [1.29, 1.82) is 0 Å². The highest BCUT2D eigenvalue weighted by Gasteiger charge is 2.09. The summed E-state index contributed by atoms with van der Waals surface area (Å²) in [4.78, 5) is 12.4. The first-order valence-electron chi connectivity index (χ1n) is 6.22. The number of fused-ring (bicyclic) bond motifs is 1. The van der Waals surface area contributed by atoms with Gasteiger partial charge >= 0.3 is 0 Å². The van der Waals surface area contributed by atoms with Gasteiger partial charge in [0, 0.05) is 22.2 Å². The summed E-state index contributed by atoms with van der Waals surface area (Å²) >= 11 is 3.51. The molecule has 0 radical (unpaired) electrons. The molecule has 3 rings (SSSR count). The Labute approximate surface area is 120 Å². The molecule has 98 valence electrons. The molecule has 0 aliphatic heterocycles. The van der Waals surface area contributed by atoms with E-state index >= 15 is 0 Å². The summed E-state index contributed by atoms with van der Waals surface area (Å²) in [6.45, 7) is 4.33. The molecule has 0 amide bonds. The lowest BCUT2D eigenvalue weighted by Gasteiger charge is -2.14. The van der Waals surface area contributed by atoms with Crippen LogP contribution >= 0.6 is 22.7 Å². The van der Waals surface area contributed by atoms with Gasteiger partial charge in [-0.25, -0.2) is 9.97 Å². The SMILES string of the molecule is Cc1ccc(CC(C)Nc2ncnc3sccc23)s1. The largest absolute Gasteiger partial charge is 0.367 e. The fourth-order valence-electron chi connectivity index (χ4n) is 2.09. The summed E-state index contributed by atoms with van der Waals surface area (Å²) in [5.41, 5.74) is 0. The van der Waals surface area contributed by atoms with Crippen molar-refractivity contribution in [1.82, 2.24) is 9.97 Å². The third-order valence-corrected chi connectivity index (χ3v) is 4.79. The first-order chi connectivity index (χ1) is 9.22. The Balaban J connectivity index is 1.75. The summed E-state index contributed by atoms with van der Waals surface area (Å²) in [7, 11) is 0. The number of hydrogen-bond acceptors (Lipinski definition) is 5. The van der Waals surface area contributed by atoms with Gasteiger partial charge < -0.3 is 5.32 Å². The lowest BCUT2D eigenvalue weighted by atomic mass is 10.2. The first kappa shape index (κ1) is 12.6. The topological polar surface area (TPSA) is 37.8 Å². The van der Waals surface area contributed by atoms with Crippen LogP contribution in [0.4, 0.5) is 5.82 Å². The third kappa shape index (κ3) is 2.77. The molecule has 0 saturated carbocycles. The molecule has 0 aliphatic rings. The van der Waals surface area contributed by atoms with E-state index in [0.29, 0.717) is 6.04 Å². The summed E-state index contributed by atoms with van der Waals surface area (Å²) in [5, 5.41) is 6.66. The number of nitrogens with zero attached hydrogens (tertiary/aromatic N) is 2. The second kappa shape index (κ2) is 5.27. The fourth-order valence-corrected chi connectivity index (χ4v) is 3.84. The summed E-state index contributed by atoms with van der Waals surface area (Å²) in [6.07, 6.45) is 2.65. The van der Waals surface area contributed by atoms with Crippen LogP contribution in [0.5, 0.6) is 0 Å². The monoisotopic (exact) mass is 289 g/mol. The molecule has 0 fully saturated rings. The van der Waals surface area contributed by atoms with Crippen LogP contribution in [0.3, 0.4) is 0 Å². The van der Waals surface area contributed by atoms with Crippen LogP contribution in [0.2, 0.25) is 0 Å². The lowest BCUT2D eigenvalue weighted by Crippen LogP contribution is -2.18. The van der Waals surface area contributed by atoms with Gasteiger partial charge in [0.1, 0.15) is 17.0 Å². The average molecular weight is 289 g/mol. The van der Waals surface area contributed by atoms with E-state index in [1.165, 1.54) is 9.75 Å². The molecular weight excluding hydrogens is 274 g/mol. The van der Waals surface area contributed by atoms with Crippen LogP contribution in [0.25, 0.3) is 10.2 Å². The smallest absolute Gasteiger partial charge is 0.138 e. The van der Waals surface area contributed by atoms with Crippen LogP contribution in [0.1, 0.15) is 16.7 Å². The summed E-state index contributed by atoms with van der Waals surface area (Å²) in [5.74, 6) is 0.937. The molecule has 3 aromatic heterocycles. The van der Waals surface area contributed by atoms with Crippen molar-refractivity contribution in [2.75, 3.05) is 5.32 Å². The van der Waals surface area contributed by atoms with Gasteiger partial charge in [-0.15, -0.1) is 22.7 Å². The van der Waals surface area contributed by atoms with E-state index < -0.39 is 0 Å². The molecule has 1 N–H and O–H groups in total. The predicted molar refractivity (Wildman–Crippen MR) is 83.3 cm³/mol. The second-order valence-corrected chi connectivity index (χ2v) is 6.89. The maximum Gasteiger partial charge on any atom is 0.138 e. The zero-order valence-electron chi connectivity index (χ0n) is 10.9. The van der Waals surface area contributed by atoms with Crippen LogP contribution in [-0.4, -0.2) is 16.0 Å². The molecule has 3 aromatic rings. The molecule has 5 heteroatoms. The molecule has 3 heterocycles. The minimum atomic E-state index is 0.357. The predicted octanol–water partition coefficient (Wildman–Crippen LogP) is 4.10. The van der Waals surface area contributed by atoms with E-state index in [9.17, 15) is 0 Å². The number of nitrogens with one attached hydrogen (secondary N) is 1. The Morgan fingerprint density at radius 2 is 2.16 bits per heavy atom.